The first-order chi connectivity index (χ1) is 11.3. The number of aliphatic hydroxyl groups excluding tert-OH is 1. The quantitative estimate of drug-likeness (QED) is 0.201. The Morgan fingerprint density at radius 1 is 1.29 bits per heavy atom. The van der Waals surface area contributed by atoms with Gasteiger partial charge in [0.1, 0.15) is 11.4 Å². The van der Waals surface area contributed by atoms with Gasteiger partial charge in [0.2, 0.25) is 5.70 Å². The number of ether oxygens (including phenoxy) is 3. The first-order valence-corrected chi connectivity index (χ1v) is 6.74. The lowest BCUT2D eigenvalue weighted by atomic mass is 10.2. The second kappa shape index (κ2) is 8.46. The van der Waals surface area contributed by atoms with E-state index in [2.05, 4.69) is 10.2 Å². The number of azo groups is 1. The van der Waals surface area contributed by atoms with Gasteiger partial charge < -0.3 is 19.3 Å². The maximum atomic E-state index is 11.7. The number of esters is 1. The summed E-state index contributed by atoms with van der Waals surface area (Å²) in [5.41, 5.74) is -0.632. The van der Waals surface area contributed by atoms with Crippen LogP contribution in [0.4, 0.5) is 11.4 Å². The lowest BCUT2D eigenvalue weighted by molar-refractivity contribution is -0.385. The number of allylic oxidation sites excluding steroid dienone is 1. The van der Waals surface area contributed by atoms with Crippen molar-refractivity contribution in [3.8, 4) is 11.5 Å². The minimum Gasteiger partial charge on any atom is -0.510 e. The van der Waals surface area contributed by atoms with E-state index in [1.54, 1.807) is 6.92 Å². The molecule has 0 aliphatic heterocycles. The highest BCUT2D eigenvalue weighted by Gasteiger charge is 2.20. The average Bonchev–Trinajstić information content (AvgIpc) is 2.54. The SMILES string of the molecule is CCOC(=O)/C(N=Nc1cc(OC)c([N+](=O)[O-])cc1OC)=C(\C)O. The van der Waals surface area contributed by atoms with Gasteiger partial charge in [0.25, 0.3) is 0 Å². The third-order valence-electron chi connectivity index (χ3n) is 2.75. The molecule has 0 aliphatic carbocycles. The molecule has 0 saturated carbocycles. The van der Waals surface area contributed by atoms with Crippen molar-refractivity contribution < 1.29 is 29.0 Å². The van der Waals surface area contributed by atoms with Crippen molar-refractivity contribution in [3.05, 3.63) is 33.7 Å². The zero-order valence-corrected chi connectivity index (χ0v) is 13.6. The van der Waals surface area contributed by atoms with E-state index in [4.69, 9.17) is 14.2 Å². The summed E-state index contributed by atoms with van der Waals surface area (Å²) in [5.74, 6) is -1.25. The second-order valence-electron chi connectivity index (χ2n) is 4.31. The average molecular weight is 339 g/mol. The third kappa shape index (κ3) is 4.41. The van der Waals surface area contributed by atoms with Crippen LogP contribution in [0.3, 0.4) is 0 Å². The van der Waals surface area contributed by atoms with Crippen LogP contribution in [-0.4, -0.2) is 36.8 Å². The molecule has 0 spiro atoms. The zero-order valence-electron chi connectivity index (χ0n) is 13.6. The van der Waals surface area contributed by atoms with E-state index in [-0.39, 0.29) is 35.2 Å². The Labute approximate surface area is 137 Å². The fourth-order valence-corrected chi connectivity index (χ4v) is 1.65. The van der Waals surface area contributed by atoms with Crippen molar-refractivity contribution in [1.29, 1.82) is 0 Å². The van der Waals surface area contributed by atoms with Gasteiger partial charge in [-0.2, -0.15) is 0 Å². The van der Waals surface area contributed by atoms with E-state index < -0.39 is 16.6 Å². The summed E-state index contributed by atoms with van der Waals surface area (Å²) in [5, 5.41) is 27.9. The summed E-state index contributed by atoms with van der Waals surface area (Å²) in [4.78, 5) is 22.0. The van der Waals surface area contributed by atoms with Gasteiger partial charge in [-0.3, -0.25) is 10.1 Å². The van der Waals surface area contributed by atoms with Gasteiger partial charge in [0, 0.05) is 6.07 Å². The van der Waals surface area contributed by atoms with Gasteiger partial charge in [-0.25, -0.2) is 4.79 Å². The predicted octanol–water partition coefficient (Wildman–Crippen LogP) is 3.05. The maximum absolute atomic E-state index is 11.7. The lowest BCUT2D eigenvalue weighted by Gasteiger charge is -2.07. The van der Waals surface area contributed by atoms with E-state index in [1.165, 1.54) is 27.2 Å². The highest BCUT2D eigenvalue weighted by Crippen LogP contribution is 2.39. The molecular formula is C14H17N3O7. The summed E-state index contributed by atoms with van der Waals surface area (Å²) in [6.45, 7) is 2.95. The van der Waals surface area contributed by atoms with Crippen LogP contribution in [0.2, 0.25) is 0 Å². The molecule has 0 fully saturated rings. The first-order valence-electron chi connectivity index (χ1n) is 6.74. The molecule has 0 heterocycles. The van der Waals surface area contributed by atoms with Crippen molar-refractivity contribution in [2.24, 2.45) is 10.2 Å². The highest BCUT2D eigenvalue weighted by molar-refractivity contribution is 5.88. The Balaban J connectivity index is 3.33. The zero-order chi connectivity index (χ0) is 18.3. The number of benzene rings is 1. The monoisotopic (exact) mass is 339 g/mol. The molecule has 10 nitrogen and oxygen atoms in total. The molecule has 0 radical (unpaired) electrons. The number of nitro groups is 1. The van der Waals surface area contributed by atoms with Crippen molar-refractivity contribution >= 4 is 17.3 Å². The molecule has 24 heavy (non-hydrogen) atoms. The van der Waals surface area contributed by atoms with Crippen LogP contribution in [0.15, 0.2) is 33.8 Å². The molecule has 130 valence electrons. The van der Waals surface area contributed by atoms with Gasteiger partial charge in [-0.15, -0.1) is 10.2 Å². The number of aliphatic hydroxyl groups is 1. The molecule has 1 N–H and O–H groups in total. The molecule has 1 aromatic rings. The number of nitrogens with zero attached hydrogens (tertiary/aromatic N) is 3. The highest BCUT2D eigenvalue weighted by atomic mass is 16.6. The number of hydrogen-bond donors (Lipinski definition) is 1. The normalized spacial score (nSPS) is 11.8. The number of methoxy groups -OCH3 is 2. The summed E-state index contributed by atoms with van der Waals surface area (Å²) >= 11 is 0. The number of nitro benzene ring substituents is 1. The molecule has 0 bridgehead atoms. The third-order valence-corrected chi connectivity index (χ3v) is 2.75. The molecule has 10 heteroatoms. The standard InChI is InChI=1S/C14H17N3O7/c1-5-24-14(19)13(8(2)18)16-15-9-6-12(23-4)10(17(20)21)7-11(9)22-3/h6-7,18H,5H2,1-4H3/b13-8-,16-15?. The van der Waals surface area contributed by atoms with Gasteiger partial charge >= 0.3 is 11.7 Å². The fourth-order valence-electron chi connectivity index (χ4n) is 1.65. The summed E-state index contributed by atoms with van der Waals surface area (Å²) < 4.78 is 14.7. The Hall–Kier alpha value is -3.17. The predicted molar refractivity (Wildman–Crippen MR) is 82.7 cm³/mol. The topological polar surface area (TPSA) is 133 Å². The molecule has 0 aromatic heterocycles. The van der Waals surface area contributed by atoms with Crippen LogP contribution in [0.1, 0.15) is 13.8 Å². The summed E-state index contributed by atoms with van der Waals surface area (Å²) in [7, 11) is 2.56. The molecule has 0 saturated heterocycles. The van der Waals surface area contributed by atoms with Crippen molar-refractivity contribution in [1.82, 2.24) is 0 Å². The molecule has 1 rings (SSSR count). The minimum atomic E-state index is -0.853. The number of hydrogen-bond acceptors (Lipinski definition) is 9. The molecule has 1 aromatic carbocycles. The number of carbonyl (C=O) groups is 1. The van der Waals surface area contributed by atoms with E-state index in [9.17, 15) is 20.0 Å². The lowest BCUT2D eigenvalue weighted by Crippen LogP contribution is -2.07. The summed E-state index contributed by atoms with van der Waals surface area (Å²) in [6, 6.07) is 2.35. The van der Waals surface area contributed by atoms with Crippen molar-refractivity contribution in [2.75, 3.05) is 20.8 Å². The Kier molecular flexibility index (Phi) is 6.65. The smallest absolute Gasteiger partial charge is 0.362 e. The van der Waals surface area contributed by atoms with E-state index >= 15 is 0 Å². The van der Waals surface area contributed by atoms with Crippen molar-refractivity contribution in [2.45, 2.75) is 13.8 Å². The molecular weight excluding hydrogens is 322 g/mol. The molecule has 0 amide bonds. The number of carbonyl (C=O) groups excluding carboxylic acids is 1. The Bertz CT molecular complexity index is 694. The molecule has 0 atom stereocenters. The molecule has 0 aliphatic rings. The first kappa shape index (κ1) is 18.9. The van der Waals surface area contributed by atoms with Crippen LogP contribution in [0.25, 0.3) is 0 Å². The second-order valence-corrected chi connectivity index (χ2v) is 4.31. The van der Waals surface area contributed by atoms with Gasteiger partial charge in [-0.1, -0.05) is 0 Å². The Morgan fingerprint density at radius 3 is 2.38 bits per heavy atom. The fraction of sp³-hybridized carbons (Fsp3) is 0.357. The number of rotatable bonds is 7. The largest absolute Gasteiger partial charge is 0.510 e. The van der Waals surface area contributed by atoms with Crippen LogP contribution >= 0.6 is 0 Å². The van der Waals surface area contributed by atoms with Crippen LogP contribution in [0.5, 0.6) is 11.5 Å². The Morgan fingerprint density at radius 2 is 1.92 bits per heavy atom. The van der Waals surface area contributed by atoms with E-state index in [0.29, 0.717) is 0 Å². The maximum Gasteiger partial charge on any atom is 0.362 e. The van der Waals surface area contributed by atoms with Crippen molar-refractivity contribution in [3.63, 3.8) is 0 Å². The van der Waals surface area contributed by atoms with Gasteiger partial charge in [-0.05, 0) is 13.8 Å². The van der Waals surface area contributed by atoms with E-state index in [0.717, 1.165) is 6.07 Å². The van der Waals surface area contributed by atoms with Gasteiger partial charge in [0.05, 0.1) is 31.8 Å². The minimum absolute atomic E-state index is 0.0463. The van der Waals surface area contributed by atoms with Crippen LogP contribution in [-0.2, 0) is 9.53 Å². The molecule has 0 unspecified atom stereocenters. The van der Waals surface area contributed by atoms with E-state index in [1.807, 2.05) is 0 Å². The van der Waals surface area contributed by atoms with Gasteiger partial charge in [0.15, 0.2) is 11.5 Å². The van der Waals surface area contributed by atoms with Crippen LogP contribution < -0.4 is 9.47 Å². The van der Waals surface area contributed by atoms with Crippen LogP contribution in [0, 0.1) is 10.1 Å². The summed E-state index contributed by atoms with van der Waals surface area (Å²) in [6.07, 6.45) is 0.